The third-order valence-electron chi connectivity index (χ3n) is 4.54. The number of hydrogen-bond donors (Lipinski definition) is 1. The van der Waals surface area contributed by atoms with E-state index in [1.807, 2.05) is 12.3 Å². The molecule has 1 aliphatic rings. The first kappa shape index (κ1) is 13.4. The lowest BCUT2D eigenvalue weighted by molar-refractivity contribution is 0.313. The van der Waals surface area contributed by atoms with E-state index in [0.717, 1.165) is 11.2 Å². The largest absolute Gasteiger partial charge is 0.381 e. The first-order chi connectivity index (χ1) is 9.62. The van der Waals surface area contributed by atoms with Crippen molar-refractivity contribution in [2.24, 2.45) is 5.41 Å². The molecule has 0 aliphatic heterocycles. The topological polar surface area (TPSA) is 24.9 Å². The molecule has 2 aromatic rings. The summed E-state index contributed by atoms with van der Waals surface area (Å²) in [6.07, 6.45) is 8.49. The highest BCUT2D eigenvalue weighted by Gasteiger charge is 2.24. The van der Waals surface area contributed by atoms with Crippen LogP contribution < -0.4 is 5.32 Å². The molecule has 1 aromatic heterocycles. The van der Waals surface area contributed by atoms with Crippen LogP contribution in [0.3, 0.4) is 0 Å². The fourth-order valence-corrected chi connectivity index (χ4v) is 3.19. The molecular formula is C18H24N2. The van der Waals surface area contributed by atoms with Gasteiger partial charge in [0, 0.05) is 11.4 Å². The van der Waals surface area contributed by atoms with Gasteiger partial charge in [0.05, 0.1) is 17.4 Å². The van der Waals surface area contributed by atoms with Crippen LogP contribution in [0.1, 0.15) is 46.0 Å². The van der Waals surface area contributed by atoms with Crippen molar-refractivity contribution in [3.63, 3.8) is 0 Å². The summed E-state index contributed by atoms with van der Waals surface area (Å²) in [6, 6.07) is 11.1. The third-order valence-corrected chi connectivity index (χ3v) is 4.54. The Balaban J connectivity index is 1.72. The van der Waals surface area contributed by atoms with Crippen molar-refractivity contribution >= 4 is 16.6 Å². The minimum atomic E-state index is 0.512. The maximum atomic E-state index is 4.54. The maximum absolute atomic E-state index is 4.54. The van der Waals surface area contributed by atoms with E-state index < -0.39 is 0 Å². The second-order valence-electron chi connectivity index (χ2n) is 6.85. The van der Waals surface area contributed by atoms with Crippen LogP contribution in [0, 0.1) is 5.41 Å². The standard InChI is InChI=1S/C18H24N2/c1-18(2)10-5-7-15(9-11-18)20-16-12-14-6-3-4-8-17(14)19-13-16/h3-4,6,8,12-13,15,20H,5,7,9-11H2,1-2H3. The first-order valence-corrected chi connectivity index (χ1v) is 7.74. The summed E-state index contributed by atoms with van der Waals surface area (Å²) in [5.41, 5.74) is 2.74. The summed E-state index contributed by atoms with van der Waals surface area (Å²) in [5, 5.41) is 4.90. The van der Waals surface area contributed by atoms with E-state index in [4.69, 9.17) is 0 Å². The fourth-order valence-electron chi connectivity index (χ4n) is 3.19. The van der Waals surface area contributed by atoms with E-state index >= 15 is 0 Å². The van der Waals surface area contributed by atoms with E-state index in [1.165, 1.54) is 37.5 Å². The second kappa shape index (κ2) is 5.43. The summed E-state index contributed by atoms with van der Waals surface area (Å²) in [7, 11) is 0. The van der Waals surface area contributed by atoms with Gasteiger partial charge in [0.1, 0.15) is 0 Å². The molecule has 0 radical (unpaired) electrons. The van der Waals surface area contributed by atoms with Crippen LogP contribution in [-0.4, -0.2) is 11.0 Å². The third kappa shape index (κ3) is 3.12. The Morgan fingerprint density at radius 3 is 2.90 bits per heavy atom. The number of anilines is 1. The SMILES string of the molecule is CC1(C)CCCC(Nc2cnc3ccccc3c2)CC1. The Bertz CT molecular complexity index is 589. The van der Waals surface area contributed by atoms with E-state index in [-0.39, 0.29) is 0 Å². The van der Waals surface area contributed by atoms with E-state index in [9.17, 15) is 0 Å². The Kier molecular flexibility index (Phi) is 3.64. The predicted octanol–water partition coefficient (Wildman–Crippen LogP) is 5.01. The van der Waals surface area contributed by atoms with E-state index in [2.05, 4.69) is 48.4 Å². The van der Waals surface area contributed by atoms with Crippen LogP contribution in [0.4, 0.5) is 5.69 Å². The summed E-state index contributed by atoms with van der Waals surface area (Å²) >= 11 is 0. The minimum Gasteiger partial charge on any atom is -0.381 e. The van der Waals surface area contributed by atoms with Gasteiger partial charge >= 0.3 is 0 Å². The first-order valence-electron chi connectivity index (χ1n) is 7.74. The molecule has 2 heteroatoms. The molecule has 3 rings (SSSR count). The number of pyridine rings is 1. The molecule has 1 heterocycles. The fraction of sp³-hybridized carbons (Fsp3) is 0.500. The zero-order valence-corrected chi connectivity index (χ0v) is 12.5. The Morgan fingerprint density at radius 1 is 1.15 bits per heavy atom. The number of para-hydroxylation sites is 1. The van der Waals surface area contributed by atoms with Crippen LogP contribution in [-0.2, 0) is 0 Å². The smallest absolute Gasteiger partial charge is 0.0703 e. The number of hydrogen-bond acceptors (Lipinski definition) is 2. The molecule has 1 aromatic carbocycles. The van der Waals surface area contributed by atoms with Crippen molar-refractivity contribution in [3.05, 3.63) is 36.5 Å². The summed E-state index contributed by atoms with van der Waals surface area (Å²) in [4.78, 5) is 4.54. The summed E-state index contributed by atoms with van der Waals surface area (Å²) < 4.78 is 0. The molecule has 20 heavy (non-hydrogen) atoms. The van der Waals surface area contributed by atoms with Gasteiger partial charge in [-0.15, -0.1) is 0 Å². The molecule has 1 aliphatic carbocycles. The van der Waals surface area contributed by atoms with Gasteiger partial charge in [0.2, 0.25) is 0 Å². The molecule has 1 saturated carbocycles. The monoisotopic (exact) mass is 268 g/mol. The number of benzene rings is 1. The van der Waals surface area contributed by atoms with Crippen molar-refractivity contribution in [2.75, 3.05) is 5.32 Å². The van der Waals surface area contributed by atoms with Crippen LogP contribution in [0.2, 0.25) is 0 Å². The highest BCUT2D eigenvalue weighted by molar-refractivity contribution is 5.81. The number of aromatic nitrogens is 1. The highest BCUT2D eigenvalue weighted by Crippen LogP contribution is 2.34. The predicted molar refractivity (Wildman–Crippen MR) is 86.0 cm³/mol. The lowest BCUT2D eigenvalue weighted by atomic mass is 9.85. The van der Waals surface area contributed by atoms with Gasteiger partial charge in [-0.2, -0.15) is 0 Å². The van der Waals surface area contributed by atoms with Gasteiger partial charge < -0.3 is 5.32 Å². The number of rotatable bonds is 2. The van der Waals surface area contributed by atoms with Crippen LogP contribution >= 0.6 is 0 Å². The lowest BCUT2D eigenvalue weighted by Gasteiger charge is -2.22. The van der Waals surface area contributed by atoms with Gasteiger partial charge in [0.25, 0.3) is 0 Å². The summed E-state index contributed by atoms with van der Waals surface area (Å²) in [5.74, 6) is 0. The summed E-state index contributed by atoms with van der Waals surface area (Å²) in [6.45, 7) is 4.79. The molecule has 0 saturated heterocycles. The van der Waals surface area contributed by atoms with Crippen LogP contribution in [0.5, 0.6) is 0 Å². The molecule has 1 unspecified atom stereocenters. The van der Waals surface area contributed by atoms with E-state index in [1.54, 1.807) is 0 Å². The quantitative estimate of drug-likeness (QED) is 0.775. The number of nitrogens with one attached hydrogen (secondary N) is 1. The zero-order chi connectivity index (χ0) is 14.0. The molecule has 0 bridgehead atoms. The van der Waals surface area contributed by atoms with Gasteiger partial charge in [-0.05, 0) is 43.2 Å². The van der Waals surface area contributed by atoms with Crippen LogP contribution in [0.25, 0.3) is 10.9 Å². The average molecular weight is 268 g/mol. The Labute approximate surface area is 121 Å². The zero-order valence-electron chi connectivity index (χ0n) is 12.5. The van der Waals surface area contributed by atoms with Gasteiger partial charge in [-0.3, -0.25) is 4.98 Å². The average Bonchev–Trinajstić information content (AvgIpc) is 2.60. The molecule has 0 spiro atoms. The van der Waals surface area contributed by atoms with Gasteiger partial charge in [0.15, 0.2) is 0 Å². The molecule has 1 fully saturated rings. The lowest BCUT2D eigenvalue weighted by Crippen LogP contribution is -2.19. The van der Waals surface area contributed by atoms with E-state index in [0.29, 0.717) is 11.5 Å². The maximum Gasteiger partial charge on any atom is 0.0703 e. The molecule has 106 valence electrons. The molecule has 0 amide bonds. The van der Waals surface area contributed by atoms with Crippen LogP contribution in [0.15, 0.2) is 36.5 Å². The molecule has 1 atom stereocenters. The normalized spacial score (nSPS) is 22.4. The van der Waals surface area contributed by atoms with Crippen molar-refractivity contribution in [2.45, 2.75) is 52.0 Å². The highest BCUT2D eigenvalue weighted by atomic mass is 14.9. The Morgan fingerprint density at radius 2 is 2.00 bits per heavy atom. The molecular weight excluding hydrogens is 244 g/mol. The van der Waals surface area contributed by atoms with Gasteiger partial charge in [-0.25, -0.2) is 0 Å². The van der Waals surface area contributed by atoms with Crippen molar-refractivity contribution < 1.29 is 0 Å². The minimum absolute atomic E-state index is 0.512. The second-order valence-corrected chi connectivity index (χ2v) is 6.85. The Hall–Kier alpha value is -1.57. The van der Waals surface area contributed by atoms with Crippen molar-refractivity contribution in [1.29, 1.82) is 0 Å². The van der Waals surface area contributed by atoms with Crippen molar-refractivity contribution in [1.82, 2.24) is 4.98 Å². The van der Waals surface area contributed by atoms with Gasteiger partial charge in [-0.1, -0.05) is 38.5 Å². The van der Waals surface area contributed by atoms with Crippen molar-refractivity contribution in [3.8, 4) is 0 Å². The molecule has 1 N–H and O–H groups in total. The molecule has 2 nitrogen and oxygen atoms in total. The number of fused-ring (bicyclic) bond motifs is 1. The number of nitrogens with zero attached hydrogens (tertiary/aromatic N) is 1.